The summed E-state index contributed by atoms with van der Waals surface area (Å²) in [6.07, 6.45) is 1.57. The molecule has 18 heavy (non-hydrogen) atoms. The third kappa shape index (κ3) is 2.75. The Morgan fingerprint density at radius 3 is 2.78 bits per heavy atom. The Morgan fingerprint density at radius 2 is 2.17 bits per heavy atom. The fourth-order valence-corrected chi connectivity index (χ4v) is 2.47. The van der Waals surface area contributed by atoms with E-state index < -0.39 is 11.6 Å². The zero-order valence-corrected chi connectivity index (χ0v) is 10.9. The minimum atomic E-state index is -0.660. The SMILES string of the molecule is CC[C@H](Oc1c(F)ccc(F)c1Cl)C1CCNC1. The van der Waals surface area contributed by atoms with Crippen LogP contribution in [-0.2, 0) is 0 Å². The molecule has 0 aromatic heterocycles. The van der Waals surface area contributed by atoms with Gasteiger partial charge in [0.2, 0.25) is 0 Å². The topological polar surface area (TPSA) is 21.3 Å². The average molecular weight is 276 g/mol. The number of hydrogen-bond acceptors (Lipinski definition) is 2. The van der Waals surface area contributed by atoms with Crippen LogP contribution in [0.25, 0.3) is 0 Å². The van der Waals surface area contributed by atoms with Crippen LogP contribution >= 0.6 is 11.6 Å². The Bertz CT molecular complexity index is 422. The standard InChI is InChI=1S/C13H16ClF2NO/c1-2-11(8-5-6-17-7-8)18-13-10(16)4-3-9(15)12(13)14/h3-4,8,11,17H,2,5-7H2,1H3/t8?,11-/m0/s1. The summed E-state index contributed by atoms with van der Waals surface area (Å²) in [6, 6.07) is 2.04. The Kier molecular flexibility index (Phi) is 4.40. The minimum Gasteiger partial charge on any atom is -0.485 e. The molecule has 1 heterocycles. The lowest BCUT2D eigenvalue weighted by molar-refractivity contribution is 0.132. The van der Waals surface area contributed by atoms with Crippen molar-refractivity contribution in [2.45, 2.75) is 25.9 Å². The molecule has 5 heteroatoms. The molecule has 1 aromatic carbocycles. The van der Waals surface area contributed by atoms with E-state index in [1.807, 2.05) is 6.92 Å². The zero-order valence-electron chi connectivity index (χ0n) is 10.2. The van der Waals surface area contributed by atoms with Gasteiger partial charge in [-0.1, -0.05) is 18.5 Å². The van der Waals surface area contributed by atoms with Gasteiger partial charge in [-0.2, -0.15) is 0 Å². The lowest BCUT2D eigenvalue weighted by Crippen LogP contribution is -2.28. The van der Waals surface area contributed by atoms with Crippen molar-refractivity contribution in [1.29, 1.82) is 0 Å². The second-order valence-corrected chi connectivity index (χ2v) is 4.87. The smallest absolute Gasteiger partial charge is 0.176 e. The third-order valence-corrected chi connectivity index (χ3v) is 3.65. The Morgan fingerprint density at radius 1 is 1.44 bits per heavy atom. The van der Waals surface area contributed by atoms with Crippen LogP contribution in [0, 0.1) is 17.6 Å². The first-order chi connectivity index (χ1) is 8.63. The van der Waals surface area contributed by atoms with Gasteiger partial charge < -0.3 is 10.1 Å². The van der Waals surface area contributed by atoms with Crippen molar-refractivity contribution in [2.75, 3.05) is 13.1 Å². The summed E-state index contributed by atoms with van der Waals surface area (Å²) >= 11 is 5.75. The van der Waals surface area contributed by atoms with Crippen LogP contribution in [0.3, 0.4) is 0 Å². The first-order valence-electron chi connectivity index (χ1n) is 6.14. The van der Waals surface area contributed by atoms with Crippen molar-refractivity contribution in [3.8, 4) is 5.75 Å². The summed E-state index contributed by atoms with van der Waals surface area (Å²) in [5, 5.41) is 2.95. The highest BCUT2D eigenvalue weighted by atomic mass is 35.5. The molecule has 1 N–H and O–H groups in total. The monoisotopic (exact) mass is 275 g/mol. The van der Waals surface area contributed by atoms with Crippen molar-refractivity contribution >= 4 is 11.6 Å². The van der Waals surface area contributed by atoms with Crippen molar-refractivity contribution in [3.63, 3.8) is 0 Å². The number of nitrogens with one attached hydrogen (secondary N) is 1. The number of halogens is 3. The molecule has 0 radical (unpaired) electrons. The molecule has 1 saturated heterocycles. The fourth-order valence-electron chi connectivity index (χ4n) is 2.28. The van der Waals surface area contributed by atoms with Gasteiger partial charge in [0.25, 0.3) is 0 Å². The lowest BCUT2D eigenvalue weighted by Gasteiger charge is -2.23. The first kappa shape index (κ1) is 13.6. The van der Waals surface area contributed by atoms with Crippen molar-refractivity contribution in [1.82, 2.24) is 5.32 Å². The number of benzene rings is 1. The number of hydrogen-bond donors (Lipinski definition) is 1. The van der Waals surface area contributed by atoms with E-state index in [0.717, 1.165) is 38.1 Å². The summed E-state index contributed by atoms with van der Waals surface area (Å²) in [5.74, 6) is -1.14. The first-order valence-corrected chi connectivity index (χ1v) is 6.52. The maximum absolute atomic E-state index is 13.6. The molecule has 0 saturated carbocycles. The number of ether oxygens (including phenoxy) is 1. The van der Waals surface area contributed by atoms with E-state index in [1.165, 1.54) is 0 Å². The Hall–Kier alpha value is -0.870. The maximum atomic E-state index is 13.6. The lowest BCUT2D eigenvalue weighted by atomic mass is 9.99. The van der Waals surface area contributed by atoms with Gasteiger partial charge >= 0.3 is 0 Å². The molecule has 1 fully saturated rings. The van der Waals surface area contributed by atoms with E-state index in [2.05, 4.69) is 5.32 Å². The molecule has 1 aliphatic rings. The van der Waals surface area contributed by atoms with Gasteiger partial charge in [-0.05, 0) is 31.5 Å². The van der Waals surface area contributed by atoms with Crippen LogP contribution < -0.4 is 10.1 Å². The molecule has 0 spiro atoms. The van der Waals surface area contributed by atoms with E-state index in [0.29, 0.717) is 5.92 Å². The second-order valence-electron chi connectivity index (χ2n) is 4.49. The molecule has 2 nitrogen and oxygen atoms in total. The van der Waals surface area contributed by atoms with Crippen LogP contribution in [0.4, 0.5) is 8.78 Å². The predicted octanol–water partition coefficient (Wildman–Crippen LogP) is 3.39. The van der Waals surface area contributed by atoms with E-state index >= 15 is 0 Å². The van der Waals surface area contributed by atoms with Crippen LogP contribution in [0.5, 0.6) is 5.75 Å². The molecule has 0 aliphatic carbocycles. The summed E-state index contributed by atoms with van der Waals surface area (Å²) in [4.78, 5) is 0. The normalized spacial score (nSPS) is 21.0. The van der Waals surface area contributed by atoms with Gasteiger partial charge in [0.1, 0.15) is 16.9 Å². The van der Waals surface area contributed by atoms with Crippen LogP contribution in [0.1, 0.15) is 19.8 Å². The van der Waals surface area contributed by atoms with Gasteiger partial charge in [0.05, 0.1) is 0 Å². The van der Waals surface area contributed by atoms with E-state index in [9.17, 15) is 8.78 Å². The molecule has 0 amide bonds. The van der Waals surface area contributed by atoms with E-state index in [1.54, 1.807) is 0 Å². The molecule has 0 bridgehead atoms. The molecule has 2 atom stereocenters. The van der Waals surface area contributed by atoms with Gasteiger partial charge in [-0.15, -0.1) is 0 Å². The minimum absolute atomic E-state index is 0.145. The highest BCUT2D eigenvalue weighted by Gasteiger charge is 2.27. The second kappa shape index (κ2) is 5.85. The van der Waals surface area contributed by atoms with Gasteiger partial charge in [0, 0.05) is 12.5 Å². The average Bonchev–Trinajstić information content (AvgIpc) is 2.88. The predicted molar refractivity (Wildman–Crippen MR) is 67.1 cm³/mol. The highest BCUT2D eigenvalue weighted by molar-refractivity contribution is 6.32. The van der Waals surface area contributed by atoms with Crippen molar-refractivity contribution in [2.24, 2.45) is 5.92 Å². The molecule has 2 rings (SSSR count). The molecule has 1 unspecified atom stereocenters. The third-order valence-electron chi connectivity index (χ3n) is 3.30. The zero-order chi connectivity index (χ0) is 13.1. The largest absolute Gasteiger partial charge is 0.485 e. The summed E-state index contributed by atoms with van der Waals surface area (Å²) in [5.41, 5.74) is 0. The van der Waals surface area contributed by atoms with Gasteiger partial charge in [-0.25, -0.2) is 8.78 Å². The van der Waals surface area contributed by atoms with Gasteiger partial charge in [-0.3, -0.25) is 0 Å². The maximum Gasteiger partial charge on any atom is 0.176 e. The summed E-state index contributed by atoms with van der Waals surface area (Å²) in [6.45, 7) is 3.74. The molecular weight excluding hydrogens is 260 g/mol. The van der Waals surface area contributed by atoms with Crippen molar-refractivity contribution in [3.05, 3.63) is 28.8 Å². The van der Waals surface area contributed by atoms with E-state index in [-0.39, 0.29) is 16.9 Å². The Labute approximate surface area is 110 Å². The highest BCUT2D eigenvalue weighted by Crippen LogP contribution is 2.33. The van der Waals surface area contributed by atoms with Gasteiger partial charge in [0.15, 0.2) is 11.6 Å². The fraction of sp³-hybridized carbons (Fsp3) is 0.538. The Balaban J connectivity index is 2.18. The summed E-state index contributed by atoms with van der Waals surface area (Å²) < 4.78 is 32.5. The van der Waals surface area contributed by atoms with Crippen molar-refractivity contribution < 1.29 is 13.5 Å². The molecule has 1 aliphatic heterocycles. The van der Waals surface area contributed by atoms with Crippen LogP contribution in [0.2, 0.25) is 5.02 Å². The summed E-state index contributed by atoms with van der Waals surface area (Å²) in [7, 11) is 0. The number of rotatable bonds is 4. The quantitative estimate of drug-likeness (QED) is 0.851. The molecule has 100 valence electrons. The van der Waals surface area contributed by atoms with E-state index in [4.69, 9.17) is 16.3 Å². The molecule has 1 aromatic rings. The van der Waals surface area contributed by atoms with Crippen LogP contribution in [-0.4, -0.2) is 19.2 Å². The molecular formula is C13H16ClF2NO. The van der Waals surface area contributed by atoms with Crippen LogP contribution in [0.15, 0.2) is 12.1 Å².